The van der Waals surface area contributed by atoms with E-state index in [0.29, 0.717) is 5.95 Å². The molecule has 1 aliphatic rings. The number of nitrogens with one attached hydrogen (secondary N) is 1. The number of unbranched alkanes of at least 4 members (excludes halogenated alkanes) is 1. The van der Waals surface area contributed by atoms with Crippen molar-refractivity contribution < 1.29 is 4.79 Å². The minimum Gasteiger partial charge on any atom is -0.355 e. The highest BCUT2D eigenvalue weighted by Crippen LogP contribution is 2.28. The number of carbonyl (C=O) groups excluding carboxylic acids is 1. The fourth-order valence-corrected chi connectivity index (χ4v) is 3.25. The highest BCUT2D eigenvalue weighted by atomic mass is 16.2. The molecule has 1 aromatic heterocycles. The Morgan fingerprint density at radius 2 is 2.00 bits per heavy atom. The van der Waals surface area contributed by atoms with Crippen LogP contribution in [-0.2, 0) is 17.6 Å². The summed E-state index contributed by atoms with van der Waals surface area (Å²) in [6, 6.07) is 4.44. The van der Waals surface area contributed by atoms with Gasteiger partial charge in [-0.05, 0) is 55.9 Å². The summed E-state index contributed by atoms with van der Waals surface area (Å²) >= 11 is 0. The number of amides is 1. The van der Waals surface area contributed by atoms with Gasteiger partial charge in [0.15, 0.2) is 0 Å². The molecule has 24 heavy (non-hydrogen) atoms. The van der Waals surface area contributed by atoms with Crippen LogP contribution in [0.3, 0.4) is 0 Å². The first-order valence-electron chi connectivity index (χ1n) is 8.86. The normalized spacial score (nSPS) is 13.1. The largest absolute Gasteiger partial charge is 0.355 e. The quantitative estimate of drug-likeness (QED) is 0.829. The minimum atomic E-state index is 0.0150. The molecule has 1 N–H and O–H groups in total. The second-order valence-corrected chi connectivity index (χ2v) is 6.66. The second-order valence-electron chi connectivity index (χ2n) is 6.66. The van der Waals surface area contributed by atoms with Crippen molar-refractivity contribution in [3.05, 3.63) is 29.0 Å². The molecule has 0 saturated carbocycles. The number of fused-ring (bicyclic) bond motifs is 2. The van der Waals surface area contributed by atoms with E-state index in [1.807, 2.05) is 18.9 Å². The van der Waals surface area contributed by atoms with E-state index in [1.165, 1.54) is 17.5 Å². The summed E-state index contributed by atoms with van der Waals surface area (Å²) in [5, 5.41) is 4.06. The second kappa shape index (κ2) is 7.16. The number of rotatable bonds is 6. The van der Waals surface area contributed by atoms with Gasteiger partial charge in [0.2, 0.25) is 11.9 Å². The molecular formula is C19H26N4O. The maximum absolute atomic E-state index is 12.0. The van der Waals surface area contributed by atoms with E-state index in [2.05, 4.69) is 29.4 Å². The molecule has 0 aliphatic heterocycles. The Morgan fingerprint density at radius 3 is 2.75 bits per heavy atom. The molecule has 0 saturated heterocycles. The maximum atomic E-state index is 12.0. The van der Waals surface area contributed by atoms with Crippen LogP contribution in [0.1, 0.15) is 43.0 Å². The number of anilines is 1. The fraction of sp³-hybridized carbons (Fsp3) is 0.526. The van der Waals surface area contributed by atoms with Gasteiger partial charge in [0.1, 0.15) is 0 Å². The Hall–Kier alpha value is -2.17. The molecule has 1 heterocycles. The van der Waals surface area contributed by atoms with Gasteiger partial charge in [-0.25, -0.2) is 9.97 Å². The van der Waals surface area contributed by atoms with Crippen molar-refractivity contribution in [1.82, 2.24) is 15.3 Å². The lowest BCUT2D eigenvalue weighted by Gasteiger charge is -2.18. The van der Waals surface area contributed by atoms with Crippen molar-refractivity contribution in [2.75, 3.05) is 25.0 Å². The molecule has 3 rings (SSSR count). The van der Waals surface area contributed by atoms with Crippen LogP contribution in [0.25, 0.3) is 10.9 Å². The van der Waals surface area contributed by atoms with Crippen LogP contribution in [0.15, 0.2) is 12.1 Å². The molecule has 0 unspecified atom stereocenters. The molecule has 1 aromatic carbocycles. The van der Waals surface area contributed by atoms with Crippen LogP contribution in [0.4, 0.5) is 5.95 Å². The number of carbonyl (C=O) groups is 1. The first kappa shape index (κ1) is 16.7. The van der Waals surface area contributed by atoms with Crippen LogP contribution in [0.2, 0.25) is 0 Å². The molecule has 128 valence electrons. The van der Waals surface area contributed by atoms with Crippen molar-refractivity contribution in [3.8, 4) is 0 Å². The van der Waals surface area contributed by atoms with Gasteiger partial charge in [-0.3, -0.25) is 4.79 Å². The Balaban J connectivity index is 1.79. The van der Waals surface area contributed by atoms with Crippen LogP contribution in [0.5, 0.6) is 0 Å². The van der Waals surface area contributed by atoms with Crippen LogP contribution >= 0.6 is 0 Å². The first-order chi connectivity index (χ1) is 11.6. The van der Waals surface area contributed by atoms with E-state index >= 15 is 0 Å². The number of aromatic nitrogens is 2. The van der Waals surface area contributed by atoms with Crippen LogP contribution in [0, 0.1) is 6.92 Å². The summed E-state index contributed by atoms with van der Waals surface area (Å²) < 4.78 is 0. The summed E-state index contributed by atoms with van der Waals surface area (Å²) in [6.45, 7) is 5.14. The topological polar surface area (TPSA) is 58.1 Å². The first-order valence-corrected chi connectivity index (χ1v) is 8.86. The number of aryl methyl sites for hydroxylation is 3. The van der Waals surface area contributed by atoms with Gasteiger partial charge in [0.05, 0.1) is 17.8 Å². The van der Waals surface area contributed by atoms with E-state index in [-0.39, 0.29) is 12.5 Å². The molecule has 1 amide bonds. The third kappa shape index (κ3) is 3.50. The predicted molar refractivity (Wildman–Crippen MR) is 97.5 cm³/mol. The van der Waals surface area contributed by atoms with Crippen molar-refractivity contribution in [2.45, 2.75) is 46.0 Å². The average molecular weight is 326 g/mol. The highest BCUT2D eigenvalue weighted by molar-refractivity contribution is 5.85. The van der Waals surface area contributed by atoms with Gasteiger partial charge in [0.25, 0.3) is 0 Å². The number of benzene rings is 1. The molecule has 1 aliphatic carbocycles. The van der Waals surface area contributed by atoms with Crippen molar-refractivity contribution in [1.29, 1.82) is 0 Å². The maximum Gasteiger partial charge on any atom is 0.239 e. The molecule has 2 aromatic rings. The minimum absolute atomic E-state index is 0.0150. The molecule has 0 spiro atoms. The number of hydrogen-bond acceptors (Lipinski definition) is 4. The Morgan fingerprint density at radius 1 is 1.25 bits per heavy atom. The van der Waals surface area contributed by atoms with Gasteiger partial charge in [-0.2, -0.15) is 0 Å². The van der Waals surface area contributed by atoms with E-state index in [0.717, 1.165) is 48.8 Å². The van der Waals surface area contributed by atoms with Crippen LogP contribution in [-0.4, -0.2) is 36.0 Å². The lowest BCUT2D eigenvalue weighted by Crippen LogP contribution is -2.36. The van der Waals surface area contributed by atoms with Gasteiger partial charge in [0, 0.05) is 19.0 Å². The highest BCUT2D eigenvalue weighted by Gasteiger charge is 2.16. The number of hydrogen-bond donors (Lipinski definition) is 1. The van der Waals surface area contributed by atoms with Gasteiger partial charge in [-0.15, -0.1) is 0 Å². The van der Waals surface area contributed by atoms with Crippen LogP contribution < -0.4 is 10.2 Å². The lowest BCUT2D eigenvalue weighted by molar-refractivity contribution is -0.119. The third-order valence-electron chi connectivity index (χ3n) is 4.66. The van der Waals surface area contributed by atoms with E-state index in [9.17, 15) is 4.79 Å². The smallest absolute Gasteiger partial charge is 0.239 e. The Bertz CT molecular complexity index is 757. The fourth-order valence-electron chi connectivity index (χ4n) is 3.25. The van der Waals surface area contributed by atoms with Gasteiger partial charge < -0.3 is 10.2 Å². The molecule has 5 heteroatoms. The number of nitrogens with zero attached hydrogens (tertiary/aromatic N) is 3. The summed E-state index contributed by atoms with van der Waals surface area (Å²) in [6.07, 6.45) is 5.60. The lowest BCUT2D eigenvalue weighted by atomic mass is 10.1. The van der Waals surface area contributed by atoms with Gasteiger partial charge >= 0.3 is 0 Å². The van der Waals surface area contributed by atoms with E-state index < -0.39 is 0 Å². The molecule has 0 fully saturated rings. The molecule has 0 bridgehead atoms. The molecular weight excluding hydrogens is 300 g/mol. The summed E-state index contributed by atoms with van der Waals surface area (Å²) in [7, 11) is 1.87. The molecule has 5 nitrogen and oxygen atoms in total. The summed E-state index contributed by atoms with van der Waals surface area (Å²) in [4.78, 5) is 23.1. The predicted octanol–water partition coefficient (Wildman–Crippen LogP) is 2.78. The Kier molecular flexibility index (Phi) is 4.97. The molecule has 0 radical (unpaired) electrons. The summed E-state index contributed by atoms with van der Waals surface area (Å²) in [5.41, 5.74) is 4.80. The standard InChI is InChI=1S/C19H26N4O/c1-4-5-9-20-18(24)12-23(3)19-21-13(2)16-10-14-7-6-8-15(14)11-17(16)22-19/h10-11H,4-9,12H2,1-3H3,(H,20,24). The van der Waals surface area contributed by atoms with Crippen molar-refractivity contribution in [2.24, 2.45) is 0 Å². The number of likely N-dealkylation sites (N-methyl/N-ethyl adjacent to an activating group) is 1. The molecule has 0 atom stereocenters. The average Bonchev–Trinajstić information content (AvgIpc) is 3.00. The van der Waals surface area contributed by atoms with Crippen molar-refractivity contribution in [3.63, 3.8) is 0 Å². The third-order valence-corrected chi connectivity index (χ3v) is 4.66. The zero-order valence-corrected chi connectivity index (χ0v) is 14.9. The zero-order valence-electron chi connectivity index (χ0n) is 14.9. The van der Waals surface area contributed by atoms with Crippen molar-refractivity contribution >= 4 is 22.8 Å². The summed E-state index contributed by atoms with van der Waals surface area (Å²) in [5.74, 6) is 0.629. The van der Waals surface area contributed by atoms with E-state index in [4.69, 9.17) is 4.98 Å². The van der Waals surface area contributed by atoms with E-state index in [1.54, 1.807) is 0 Å². The monoisotopic (exact) mass is 326 g/mol. The zero-order chi connectivity index (χ0) is 17.1. The SMILES string of the molecule is CCCCNC(=O)CN(C)c1nc(C)c2cc3c(cc2n1)CCC3. The van der Waals surface area contributed by atoms with Gasteiger partial charge in [-0.1, -0.05) is 13.3 Å². The Labute approximate surface area is 143 Å².